The summed E-state index contributed by atoms with van der Waals surface area (Å²) in [4.78, 5) is 14.2. The molecular weight excluding hydrogens is 230 g/mol. The van der Waals surface area contributed by atoms with E-state index in [0.717, 1.165) is 58.5 Å². The van der Waals surface area contributed by atoms with Crippen molar-refractivity contribution >= 4 is 5.91 Å². The van der Waals surface area contributed by atoms with Gasteiger partial charge in [-0.25, -0.2) is 0 Å². The highest BCUT2D eigenvalue weighted by molar-refractivity contribution is 5.85. The van der Waals surface area contributed by atoms with Gasteiger partial charge in [-0.05, 0) is 32.2 Å². The number of nitrogens with zero attached hydrogens (tertiary/aromatic N) is 1. The molecule has 2 rings (SSSR count). The highest BCUT2D eigenvalue weighted by atomic mass is 16.5. The number of hydrogen-bond acceptors (Lipinski definition) is 4. The largest absolute Gasteiger partial charge is 0.380 e. The van der Waals surface area contributed by atoms with Crippen LogP contribution < -0.4 is 11.1 Å². The lowest BCUT2D eigenvalue weighted by molar-refractivity contribution is -0.124. The monoisotopic (exact) mass is 255 g/mol. The van der Waals surface area contributed by atoms with Gasteiger partial charge in [-0.3, -0.25) is 9.69 Å². The minimum Gasteiger partial charge on any atom is -0.380 e. The van der Waals surface area contributed by atoms with Crippen LogP contribution in [0.15, 0.2) is 0 Å². The lowest BCUT2D eigenvalue weighted by Crippen LogP contribution is -2.54. The molecule has 1 aliphatic carbocycles. The fourth-order valence-corrected chi connectivity index (χ4v) is 3.27. The van der Waals surface area contributed by atoms with Gasteiger partial charge in [-0.15, -0.1) is 0 Å². The lowest BCUT2D eigenvalue weighted by Gasteiger charge is -2.30. The summed E-state index contributed by atoms with van der Waals surface area (Å²) >= 11 is 0. The molecule has 104 valence electrons. The average molecular weight is 255 g/mol. The maximum absolute atomic E-state index is 11.7. The second-order valence-electron chi connectivity index (χ2n) is 5.38. The van der Waals surface area contributed by atoms with Crippen molar-refractivity contribution in [1.82, 2.24) is 10.2 Å². The molecule has 1 saturated carbocycles. The number of nitrogens with one attached hydrogen (secondary N) is 1. The first kappa shape index (κ1) is 13.8. The fourth-order valence-electron chi connectivity index (χ4n) is 3.27. The maximum Gasteiger partial charge on any atom is 0.237 e. The normalized spacial score (nSPS) is 34.4. The minimum absolute atomic E-state index is 0.196. The summed E-state index contributed by atoms with van der Waals surface area (Å²) in [6.07, 6.45) is 3.84. The number of carbonyl (C=O) groups excluding carboxylic acids is 1. The molecule has 2 unspecified atom stereocenters. The van der Waals surface area contributed by atoms with Crippen LogP contribution in [0, 0.1) is 0 Å². The maximum atomic E-state index is 11.7. The molecule has 0 aromatic rings. The third kappa shape index (κ3) is 2.84. The number of primary amides is 1. The van der Waals surface area contributed by atoms with Gasteiger partial charge in [0, 0.05) is 25.7 Å². The Bertz CT molecular complexity index is 290. The van der Waals surface area contributed by atoms with Crippen LogP contribution >= 0.6 is 0 Å². The van der Waals surface area contributed by atoms with Crippen molar-refractivity contribution in [2.45, 2.75) is 44.2 Å². The van der Waals surface area contributed by atoms with Crippen LogP contribution in [0.3, 0.4) is 0 Å². The van der Waals surface area contributed by atoms with Gasteiger partial charge in [0.1, 0.15) is 0 Å². The summed E-state index contributed by atoms with van der Waals surface area (Å²) in [7, 11) is 0. The van der Waals surface area contributed by atoms with Crippen LogP contribution in [0.25, 0.3) is 0 Å². The molecule has 1 saturated heterocycles. The summed E-state index contributed by atoms with van der Waals surface area (Å²) in [5, 5.41) is 3.31. The van der Waals surface area contributed by atoms with E-state index in [1.807, 2.05) is 6.92 Å². The Morgan fingerprint density at radius 3 is 3.06 bits per heavy atom. The quantitative estimate of drug-likeness (QED) is 0.747. The molecule has 5 heteroatoms. The molecule has 0 spiro atoms. The van der Waals surface area contributed by atoms with Crippen LogP contribution in [-0.2, 0) is 9.53 Å². The molecule has 1 amide bonds. The average Bonchev–Trinajstić information content (AvgIpc) is 2.61. The van der Waals surface area contributed by atoms with Crippen molar-refractivity contribution in [2.24, 2.45) is 5.73 Å². The van der Waals surface area contributed by atoms with Gasteiger partial charge in [0.15, 0.2) is 0 Å². The van der Waals surface area contributed by atoms with Gasteiger partial charge in [-0.2, -0.15) is 0 Å². The number of nitrogens with two attached hydrogens (primary N) is 1. The fraction of sp³-hybridized carbons (Fsp3) is 0.923. The molecule has 1 heterocycles. The van der Waals surface area contributed by atoms with E-state index in [2.05, 4.69) is 10.2 Å². The highest BCUT2D eigenvalue weighted by Crippen LogP contribution is 2.33. The van der Waals surface area contributed by atoms with E-state index in [1.54, 1.807) is 0 Å². The summed E-state index contributed by atoms with van der Waals surface area (Å²) < 4.78 is 5.48. The second kappa shape index (κ2) is 5.99. The summed E-state index contributed by atoms with van der Waals surface area (Å²) in [6, 6.07) is 0.471. The van der Waals surface area contributed by atoms with Crippen molar-refractivity contribution in [3.05, 3.63) is 0 Å². The number of hydrogen-bond donors (Lipinski definition) is 2. The Morgan fingerprint density at radius 2 is 2.33 bits per heavy atom. The van der Waals surface area contributed by atoms with E-state index in [1.165, 1.54) is 0 Å². The first-order valence-electron chi connectivity index (χ1n) is 7.05. The van der Waals surface area contributed by atoms with E-state index in [-0.39, 0.29) is 5.91 Å². The molecule has 2 aliphatic rings. The van der Waals surface area contributed by atoms with Gasteiger partial charge < -0.3 is 15.8 Å². The molecule has 5 nitrogen and oxygen atoms in total. The second-order valence-corrected chi connectivity index (χ2v) is 5.38. The molecule has 18 heavy (non-hydrogen) atoms. The van der Waals surface area contributed by atoms with E-state index in [0.29, 0.717) is 6.04 Å². The summed E-state index contributed by atoms with van der Waals surface area (Å²) in [5.41, 5.74) is 5.12. The van der Waals surface area contributed by atoms with Crippen molar-refractivity contribution in [3.8, 4) is 0 Å². The van der Waals surface area contributed by atoms with Crippen LogP contribution in [0.1, 0.15) is 32.6 Å². The van der Waals surface area contributed by atoms with Gasteiger partial charge in [-0.1, -0.05) is 6.92 Å². The van der Waals surface area contributed by atoms with E-state index in [9.17, 15) is 4.79 Å². The number of rotatable bonds is 4. The van der Waals surface area contributed by atoms with Crippen LogP contribution in [-0.4, -0.2) is 55.2 Å². The van der Waals surface area contributed by atoms with E-state index < -0.39 is 5.54 Å². The summed E-state index contributed by atoms with van der Waals surface area (Å²) in [6.45, 7) is 6.53. The first-order chi connectivity index (χ1) is 8.68. The Balaban J connectivity index is 1.98. The zero-order valence-corrected chi connectivity index (χ0v) is 11.3. The molecule has 0 radical (unpaired) electrons. The van der Waals surface area contributed by atoms with Crippen molar-refractivity contribution in [3.63, 3.8) is 0 Å². The van der Waals surface area contributed by atoms with E-state index in [4.69, 9.17) is 10.5 Å². The third-order valence-corrected chi connectivity index (χ3v) is 4.25. The zero-order chi connectivity index (χ0) is 13.0. The molecule has 0 aromatic carbocycles. The van der Waals surface area contributed by atoms with Gasteiger partial charge in [0.25, 0.3) is 0 Å². The smallest absolute Gasteiger partial charge is 0.237 e. The van der Waals surface area contributed by atoms with Crippen LogP contribution in [0.5, 0.6) is 0 Å². The number of likely N-dealkylation sites (N-methyl/N-ethyl adjacent to an activating group) is 1. The molecular formula is C13H25N3O2. The zero-order valence-electron chi connectivity index (χ0n) is 11.3. The predicted molar refractivity (Wildman–Crippen MR) is 70.3 cm³/mol. The number of ether oxygens (including phenoxy) is 1. The predicted octanol–water partition coefficient (Wildman–Crippen LogP) is 0.0948. The molecule has 0 bridgehead atoms. The van der Waals surface area contributed by atoms with Crippen LogP contribution in [0.4, 0.5) is 0 Å². The molecule has 2 atom stereocenters. The van der Waals surface area contributed by atoms with Gasteiger partial charge in [0.2, 0.25) is 5.91 Å². The van der Waals surface area contributed by atoms with Crippen molar-refractivity contribution in [2.75, 3.05) is 32.8 Å². The highest BCUT2D eigenvalue weighted by Gasteiger charge is 2.44. The number of amides is 1. The van der Waals surface area contributed by atoms with Gasteiger partial charge in [0.05, 0.1) is 12.1 Å². The Hall–Kier alpha value is -0.650. The topological polar surface area (TPSA) is 67.6 Å². The van der Waals surface area contributed by atoms with Crippen molar-refractivity contribution < 1.29 is 9.53 Å². The first-order valence-corrected chi connectivity index (χ1v) is 7.05. The Morgan fingerprint density at radius 1 is 1.50 bits per heavy atom. The van der Waals surface area contributed by atoms with Crippen LogP contribution in [0.2, 0.25) is 0 Å². The lowest BCUT2D eigenvalue weighted by atomic mass is 9.96. The minimum atomic E-state index is -0.480. The van der Waals surface area contributed by atoms with E-state index >= 15 is 0 Å². The SMILES string of the molecule is CCNC1(C(N)=O)CCC(N2CCCOCC2)C1. The molecule has 1 aliphatic heterocycles. The standard InChI is InChI=1S/C13H25N3O2/c1-2-15-13(12(14)17)5-4-11(10-13)16-6-3-8-18-9-7-16/h11,15H,2-10H2,1H3,(H2,14,17). The van der Waals surface area contributed by atoms with Gasteiger partial charge >= 0.3 is 0 Å². The Labute approximate surface area is 109 Å². The molecule has 0 aromatic heterocycles. The van der Waals surface area contributed by atoms with Crippen molar-refractivity contribution in [1.29, 1.82) is 0 Å². The number of carbonyl (C=O) groups is 1. The third-order valence-electron chi connectivity index (χ3n) is 4.25. The Kier molecular flexibility index (Phi) is 4.59. The molecule has 3 N–H and O–H groups in total. The molecule has 2 fully saturated rings. The summed E-state index contributed by atoms with van der Waals surface area (Å²) in [5.74, 6) is -0.196.